The first-order valence-corrected chi connectivity index (χ1v) is 7.60. The molecule has 0 radical (unpaired) electrons. The Kier molecular flexibility index (Phi) is 3.88. The maximum atomic E-state index is 3.73. The van der Waals surface area contributed by atoms with Crippen molar-refractivity contribution < 1.29 is 0 Å². The molecule has 2 heteroatoms. The second-order valence-corrected chi connectivity index (χ2v) is 5.99. The molecule has 1 aliphatic rings. The fourth-order valence-corrected chi connectivity index (χ4v) is 3.34. The Hall–Kier alpha value is -1.28. The molecular formula is C17H24N2. The third-order valence-corrected chi connectivity index (χ3v) is 4.40. The van der Waals surface area contributed by atoms with Crippen LogP contribution >= 0.6 is 0 Å². The Morgan fingerprint density at radius 3 is 3.00 bits per heavy atom. The third-order valence-electron chi connectivity index (χ3n) is 4.40. The number of rotatable bonds is 4. The first-order valence-electron chi connectivity index (χ1n) is 7.60. The second-order valence-electron chi connectivity index (χ2n) is 5.99. The Morgan fingerprint density at radius 2 is 2.11 bits per heavy atom. The van der Waals surface area contributed by atoms with Crippen LogP contribution in [0.4, 0.5) is 0 Å². The molecule has 0 aliphatic heterocycles. The van der Waals surface area contributed by atoms with Crippen molar-refractivity contribution in [3.8, 4) is 0 Å². The normalized spacial score (nSPS) is 23.8. The van der Waals surface area contributed by atoms with Gasteiger partial charge in [0.05, 0.1) is 0 Å². The monoisotopic (exact) mass is 256 g/mol. The molecule has 3 rings (SSSR count). The summed E-state index contributed by atoms with van der Waals surface area (Å²) in [6.07, 6.45) is 7.73. The van der Waals surface area contributed by atoms with Crippen LogP contribution in [0.15, 0.2) is 36.5 Å². The lowest BCUT2D eigenvalue weighted by atomic mass is 9.87. The number of nitrogens with one attached hydrogen (secondary N) is 1. The summed E-state index contributed by atoms with van der Waals surface area (Å²) in [7, 11) is 0. The van der Waals surface area contributed by atoms with Gasteiger partial charge in [-0.3, -0.25) is 0 Å². The molecule has 0 bridgehead atoms. The number of para-hydroxylation sites is 1. The fourth-order valence-electron chi connectivity index (χ4n) is 3.34. The quantitative estimate of drug-likeness (QED) is 0.880. The van der Waals surface area contributed by atoms with Gasteiger partial charge in [-0.2, -0.15) is 0 Å². The average Bonchev–Trinajstić information content (AvgIpc) is 2.83. The zero-order valence-corrected chi connectivity index (χ0v) is 11.8. The van der Waals surface area contributed by atoms with Crippen LogP contribution in [-0.2, 0) is 6.54 Å². The van der Waals surface area contributed by atoms with E-state index in [1.807, 2.05) is 0 Å². The molecule has 1 heterocycles. The van der Waals surface area contributed by atoms with Crippen LogP contribution in [0.2, 0.25) is 0 Å². The van der Waals surface area contributed by atoms with Crippen LogP contribution in [-0.4, -0.2) is 17.2 Å². The van der Waals surface area contributed by atoms with Gasteiger partial charge in [-0.15, -0.1) is 0 Å². The third kappa shape index (κ3) is 3.01. The predicted molar refractivity (Wildman–Crippen MR) is 81.4 cm³/mol. The molecule has 1 aromatic carbocycles. The van der Waals surface area contributed by atoms with Crippen molar-refractivity contribution in [1.82, 2.24) is 9.88 Å². The van der Waals surface area contributed by atoms with E-state index in [1.54, 1.807) is 0 Å². The first-order chi connectivity index (χ1) is 9.33. The van der Waals surface area contributed by atoms with Gasteiger partial charge in [0.25, 0.3) is 0 Å². The van der Waals surface area contributed by atoms with Gasteiger partial charge in [0.15, 0.2) is 0 Å². The van der Waals surface area contributed by atoms with Crippen molar-refractivity contribution in [3.05, 3.63) is 36.5 Å². The average molecular weight is 256 g/mol. The molecule has 1 aliphatic carbocycles. The van der Waals surface area contributed by atoms with E-state index in [0.717, 1.165) is 25.0 Å². The van der Waals surface area contributed by atoms with Crippen molar-refractivity contribution in [2.75, 3.05) is 6.54 Å². The second kappa shape index (κ2) is 5.79. The van der Waals surface area contributed by atoms with E-state index >= 15 is 0 Å². The fraction of sp³-hybridized carbons (Fsp3) is 0.529. The molecule has 2 aromatic rings. The number of nitrogens with zero attached hydrogens (tertiary/aromatic N) is 1. The molecular weight excluding hydrogens is 232 g/mol. The van der Waals surface area contributed by atoms with Crippen LogP contribution in [0.3, 0.4) is 0 Å². The molecule has 0 saturated heterocycles. The number of aromatic nitrogens is 1. The van der Waals surface area contributed by atoms with Crippen LogP contribution in [0.5, 0.6) is 0 Å². The SMILES string of the molecule is CC1CCCC(NCCn2ccc3ccccc32)C1. The number of hydrogen-bond donors (Lipinski definition) is 1. The Bertz CT molecular complexity index is 529. The summed E-state index contributed by atoms with van der Waals surface area (Å²) in [6, 6.07) is 11.6. The molecule has 1 N–H and O–H groups in total. The lowest BCUT2D eigenvalue weighted by Gasteiger charge is -2.27. The predicted octanol–water partition coefficient (Wildman–Crippen LogP) is 3.81. The van der Waals surface area contributed by atoms with Crippen LogP contribution < -0.4 is 5.32 Å². The summed E-state index contributed by atoms with van der Waals surface area (Å²) in [4.78, 5) is 0. The van der Waals surface area contributed by atoms with Gasteiger partial charge in [-0.25, -0.2) is 0 Å². The summed E-state index contributed by atoms with van der Waals surface area (Å²) in [5, 5.41) is 5.08. The molecule has 2 unspecified atom stereocenters. The Morgan fingerprint density at radius 1 is 1.21 bits per heavy atom. The topological polar surface area (TPSA) is 17.0 Å². The van der Waals surface area contributed by atoms with Crippen LogP contribution in [0.25, 0.3) is 10.9 Å². The van der Waals surface area contributed by atoms with Gasteiger partial charge in [0, 0.05) is 30.8 Å². The molecule has 1 fully saturated rings. The molecule has 19 heavy (non-hydrogen) atoms. The lowest BCUT2D eigenvalue weighted by molar-refractivity contribution is 0.299. The largest absolute Gasteiger partial charge is 0.346 e. The zero-order valence-electron chi connectivity index (χ0n) is 11.8. The highest BCUT2D eigenvalue weighted by molar-refractivity contribution is 5.79. The maximum Gasteiger partial charge on any atom is 0.0480 e. The molecule has 1 aromatic heterocycles. The van der Waals surface area contributed by atoms with E-state index in [1.165, 1.54) is 36.6 Å². The minimum Gasteiger partial charge on any atom is -0.346 e. The minimum atomic E-state index is 0.741. The van der Waals surface area contributed by atoms with Gasteiger partial charge in [0.1, 0.15) is 0 Å². The van der Waals surface area contributed by atoms with Crippen LogP contribution in [0, 0.1) is 5.92 Å². The summed E-state index contributed by atoms with van der Waals surface area (Å²) < 4.78 is 2.36. The zero-order chi connectivity index (χ0) is 13.1. The smallest absolute Gasteiger partial charge is 0.0480 e. The van der Waals surface area contributed by atoms with E-state index < -0.39 is 0 Å². The van der Waals surface area contributed by atoms with Gasteiger partial charge in [-0.1, -0.05) is 38.0 Å². The molecule has 0 amide bonds. The number of hydrogen-bond acceptors (Lipinski definition) is 1. The van der Waals surface area contributed by atoms with E-state index in [4.69, 9.17) is 0 Å². The summed E-state index contributed by atoms with van der Waals surface area (Å²) in [5.41, 5.74) is 1.35. The molecule has 102 valence electrons. The summed E-state index contributed by atoms with van der Waals surface area (Å²) >= 11 is 0. The van der Waals surface area contributed by atoms with E-state index in [0.29, 0.717) is 0 Å². The van der Waals surface area contributed by atoms with Crippen LogP contribution in [0.1, 0.15) is 32.6 Å². The highest BCUT2D eigenvalue weighted by atomic mass is 15.0. The van der Waals surface area contributed by atoms with Gasteiger partial charge < -0.3 is 9.88 Å². The Balaban J connectivity index is 1.55. The molecule has 1 saturated carbocycles. The number of benzene rings is 1. The molecule has 0 spiro atoms. The first kappa shape index (κ1) is 12.7. The van der Waals surface area contributed by atoms with Gasteiger partial charge in [-0.05, 0) is 36.3 Å². The van der Waals surface area contributed by atoms with E-state index in [2.05, 4.69) is 53.3 Å². The van der Waals surface area contributed by atoms with Crippen molar-refractivity contribution in [2.24, 2.45) is 5.92 Å². The van der Waals surface area contributed by atoms with Crippen molar-refractivity contribution in [2.45, 2.75) is 45.2 Å². The lowest BCUT2D eigenvalue weighted by Crippen LogP contribution is -2.35. The molecule has 2 nitrogen and oxygen atoms in total. The molecule has 2 atom stereocenters. The minimum absolute atomic E-state index is 0.741. The number of fused-ring (bicyclic) bond motifs is 1. The standard InChI is InChI=1S/C17H24N2/c1-14-5-4-7-16(13-14)18-10-12-19-11-9-15-6-2-3-8-17(15)19/h2-3,6,8-9,11,14,16,18H,4-5,7,10,12-13H2,1H3. The van der Waals surface area contributed by atoms with Gasteiger partial charge in [0.2, 0.25) is 0 Å². The summed E-state index contributed by atoms with van der Waals surface area (Å²) in [6.45, 7) is 4.53. The van der Waals surface area contributed by atoms with Crippen molar-refractivity contribution >= 4 is 10.9 Å². The van der Waals surface area contributed by atoms with Crippen molar-refractivity contribution in [3.63, 3.8) is 0 Å². The van der Waals surface area contributed by atoms with E-state index in [-0.39, 0.29) is 0 Å². The highest BCUT2D eigenvalue weighted by Crippen LogP contribution is 2.23. The van der Waals surface area contributed by atoms with Crippen molar-refractivity contribution in [1.29, 1.82) is 0 Å². The summed E-state index contributed by atoms with van der Waals surface area (Å²) in [5.74, 6) is 0.902. The van der Waals surface area contributed by atoms with Gasteiger partial charge >= 0.3 is 0 Å². The Labute approximate surface area is 115 Å². The van der Waals surface area contributed by atoms with E-state index in [9.17, 15) is 0 Å². The highest BCUT2D eigenvalue weighted by Gasteiger charge is 2.17. The maximum absolute atomic E-state index is 3.73.